The second kappa shape index (κ2) is 4.70. The number of hydrogen-bond donors (Lipinski definition) is 1. The van der Waals surface area contributed by atoms with Gasteiger partial charge in [-0.15, -0.1) is 0 Å². The molecule has 0 aliphatic heterocycles. The Morgan fingerprint density at radius 3 is 1.89 bits per heavy atom. The molecule has 2 N–H and O–H groups in total. The highest BCUT2D eigenvalue weighted by atomic mass is 80.0. The summed E-state index contributed by atoms with van der Waals surface area (Å²) >= 11 is 13.3. The highest BCUT2D eigenvalue weighted by molar-refractivity contribution is 9.39. The molecule has 0 heterocycles. The minimum Gasteiger partial charge on any atom is -0.319 e. The Bertz CT molecular complexity index is 77.1. The zero-order chi connectivity index (χ0) is 7.49. The molecule has 0 radical (unpaired) electrons. The number of nitrogens with two attached hydrogens (primary N) is 1. The zero-order valence-corrected chi connectivity index (χ0v) is 10.9. The van der Waals surface area contributed by atoms with Crippen molar-refractivity contribution in [3.05, 3.63) is 0 Å². The molecule has 0 saturated carbocycles. The minimum absolute atomic E-state index is 0.0875. The van der Waals surface area contributed by atoms with Gasteiger partial charge in [0.1, 0.15) is 2.14 Å². The lowest BCUT2D eigenvalue weighted by Gasteiger charge is -2.11. The van der Waals surface area contributed by atoms with E-state index in [0.717, 1.165) is 12.8 Å². The van der Waals surface area contributed by atoms with E-state index >= 15 is 0 Å². The molecule has 0 bridgehead atoms. The maximum Gasteiger partial charge on any atom is 0.135 e. The molecule has 0 aromatic carbocycles. The second-order valence-corrected chi connectivity index (χ2v) is 10.1. The molecule has 5 heteroatoms. The fourth-order valence-electron chi connectivity index (χ4n) is 0.302. The van der Waals surface area contributed by atoms with E-state index in [1.165, 1.54) is 0 Å². The molecule has 1 atom stereocenters. The van der Waals surface area contributed by atoms with Gasteiger partial charge in [-0.2, -0.15) is 0 Å². The summed E-state index contributed by atoms with van der Waals surface area (Å²) in [7, 11) is 0. The van der Waals surface area contributed by atoms with Crippen LogP contribution in [-0.2, 0) is 0 Å². The molecule has 0 aromatic rings. The lowest BCUT2D eigenvalue weighted by Crippen LogP contribution is -2.13. The third-order valence-corrected chi connectivity index (χ3v) is 2.35. The van der Waals surface area contributed by atoms with E-state index in [2.05, 4.69) is 63.7 Å². The van der Waals surface area contributed by atoms with Crippen molar-refractivity contribution in [1.82, 2.24) is 0 Å². The summed E-state index contributed by atoms with van der Waals surface area (Å²) in [5.41, 5.74) is 5.45. The molecule has 0 aromatic heterocycles. The van der Waals surface area contributed by atoms with Gasteiger partial charge in [0.25, 0.3) is 0 Å². The molecule has 1 unspecified atom stereocenters. The lowest BCUT2D eigenvalue weighted by atomic mass is 10.3. The Labute approximate surface area is 88.6 Å². The molecule has 0 fully saturated rings. The van der Waals surface area contributed by atoms with Gasteiger partial charge in [-0.25, -0.2) is 0 Å². The van der Waals surface area contributed by atoms with Crippen molar-refractivity contribution in [1.29, 1.82) is 0 Å². The first kappa shape index (κ1) is 10.9. The molecule has 0 rings (SSSR count). The predicted octanol–water partition coefficient (Wildman–Crippen LogP) is 3.28. The Morgan fingerprint density at radius 1 is 1.33 bits per heavy atom. The molecule has 9 heavy (non-hydrogen) atoms. The first-order valence-electron chi connectivity index (χ1n) is 2.38. The Morgan fingerprint density at radius 2 is 1.78 bits per heavy atom. The van der Waals surface area contributed by atoms with Gasteiger partial charge in [0, 0.05) is 0 Å². The van der Waals surface area contributed by atoms with Crippen molar-refractivity contribution in [3.63, 3.8) is 0 Å². The summed E-state index contributed by atoms with van der Waals surface area (Å²) in [6.07, 6.45) is 1.85. The molecule has 0 saturated heterocycles. The predicted molar refractivity (Wildman–Crippen MR) is 55.6 cm³/mol. The van der Waals surface area contributed by atoms with Crippen LogP contribution >= 0.6 is 63.7 Å². The summed E-state index contributed by atoms with van der Waals surface area (Å²) < 4.78 is -0.140. The second-order valence-electron chi connectivity index (χ2n) is 1.67. The minimum atomic E-state index is -0.140. The average molecular weight is 389 g/mol. The van der Waals surface area contributed by atoms with Gasteiger partial charge < -0.3 is 5.73 Å². The average Bonchev–Trinajstić information content (AvgIpc) is 1.59. The summed E-state index contributed by atoms with van der Waals surface area (Å²) in [6.45, 7) is 0. The topological polar surface area (TPSA) is 26.0 Å². The van der Waals surface area contributed by atoms with Crippen LogP contribution in [-0.4, -0.2) is 7.09 Å². The van der Waals surface area contributed by atoms with Gasteiger partial charge in [-0.1, -0.05) is 63.7 Å². The molecular weight excluding hydrogens is 382 g/mol. The molecule has 0 aliphatic carbocycles. The van der Waals surface area contributed by atoms with E-state index < -0.39 is 0 Å². The van der Waals surface area contributed by atoms with Crippen LogP contribution < -0.4 is 5.73 Å². The molecular formula is C4H7Br4N. The Hall–Kier alpha value is 1.88. The van der Waals surface area contributed by atoms with Crippen molar-refractivity contribution >= 4 is 63.7 Å². The smallest absolute Gasteiger partial charge is 0.135 e. The quantitative estimate of drug-likeness (QED) is 0.570. The monoisotopic (exact) mass is 385 g/mol. The summed E-state index contributed by atoms with van der Waals surface area (Å²) in [5.74, 6) is 0. The maximum atomic E-state index is 5.45. The van der Waals surface area contributed by atoms with Crippen molar-refractivity contribution < 1.29 is 0 Å². The van der Waals surface area contributed by atoms with Gasteiger partial charge in [0.2, 0.25) is 0 Å². The van der Waals surface area contributed by atoms with Crippen molar-refractivity contribution in [2.24, 2.45) is 5.73 Å². The van der Waals surface area contributed by atoms with E-state index in [4.69, 9.17) is 5.73 Å². The molecule has 56 valence electrons. The van der Waals surface area contributed by atoms with Gasteiger partial charge in [0.15, 0.2) is 0 Å². The van der Waals surface area contributed by atoms with Crippen molar-refractivity contribution in [2.45, 2.75) is 19.9 Å². The molecule has 0 spiro atoms. The number of rotatable bonds is 2. The standard InChI is InChI=1S/C4H7Br4N/c5-3(9)1-2-4(6,7)8/h3H,1-2,9H2. The van der Waals surface area contributed by atoms with Crippen LogP contribution in [0, 0.1) is 0 Å². The van der Waals surface area contributed by atoms with Crippen LogP contribution in [0.5, 0.6) is 0 Å². The van der Waals surface area contributed by atoms with Crippen LogP contribution in [0.1, 0.15) is 12.8 Å². The lowest BCUT2D eigenvalue weighted by molar-refractivity contribution is 0.762. The molecule has 0 amide bonds. The van der Waals surface area contributed by atoms with E-state index in [1.807, 2.05) is 0 Å². The summed E-state index contributed by atoms with van der Waals surface area (Å²) in [6, 6.07) is 0. The van der Waals surface area contributed by atoms with Gasteiger partial charge in [-0.3, -0.25) is 0 Å². The van der Waals surface area contributed by atoms with E-state index in [9.17, 15) is 0 Å². The van der Waals surface area contributed by atoms with E-state index in [-0.39, 0.29) is 7.09 Å². The van der Waals surface area contributed by atoms with Crippen LogP contribution in [0.25, 0.3) is 0 Å². The summed E-state index contributed by atoms with van der Waals surface area (Å²) in [5, 5.41) is 0. The molecule has 0 aliphatic rings. The zero-order valence-electron chi connectivity index (χ0n) is 4.58. The van der Waals surface area contributed by atoms with Crippen molar-refractivity contribution in [2.75, 3.05) is 0 Å². The van der Waals surface area contributed by atoms with Gasteiger partial charge >= 0.3 is 0 Å². The van der Waals surface area contributed by atoms with Gasteiger partial charge in [-0.05, 0) is 12.8 Å². The largest absolute Gasteiger partial charge is 0.319 e. The fraction of sp³-hybridized carbons (Fsp3) is 1.00. The van der Waals surface area contributed by atoms with E-state index in [0.29, 0.717) is 0 Å². The van der Waals surface area contributed by atoms with Crippen LogP contribution in [0.3, 0.4) is 0 Å². The maximum absolute atomic E-state index is 5.45. The number of hydrogen-bond acceptors (Lipinski definition) is 1. The Balaban J connectivity index is 3.28. The van der Waals surface area contributed by atoms with E-state index in [1.54, 1.807) is 0 Å². The third-order valence-electron chi connectivity index (χ3n) is 0.704. The fourth-order valence-corrected chi connectivity index (χ4v) is 1.22. The number of halogens is 4. The van der Waals surface area contributed by atoms with Crippen LogP contribution in [0.15, 0.2) is 0 Å². The Kier molecular flexibility index (Phi) is 5.68. The van der Waals surface area contributed by atoms with Crippen LogP contribution in [0.2, 0.25) is 0 Å². The van der Waals surface area contributed by atoms with Crippen LogP contribution in [0.4, 0.5) is 0 Å². The van der Waals surface area contributed by atoms with Gasteiger partial charge in [0.05, 0.1) is 4.95 Å². The number of alkyl halides is 4. The molecule has 1 nitrogen and oxygen atoms in total. The normalized spacial score (nSPS) is 15.7. The highest BCUT2D eigenvalue weighted by Crippen LogP contribution is 2.38. The first-order chi connectivity index (χ1) is 3.92. The first-order valence-corrected chi connectivity index (χ1v) is 5.67. The third kappa shape index (κ3) is 9.88. The summed E-state index contributed by atoms with van der Waals surface area (Å²) in [4.78, 5) is 0.0875. The van der Waals surface area contributed by atoms with Crippen molar-refractivity contribution in [3.8, 4) is 0 Å². The highest BCUT2D eigenvalue weighted by Gasteiger charge is 2.17. The SMILES string of the molecule is NC(Br)CCC(Br)(Br)Br.